The smallest absolute Gasteiger partial charge is 0.143 e. The van der Waals surface area contributed by atoms with Crippen molar-refractivity contribution >= 4 is 23.3 Å². The standard InChI is InChI=1S/C18H12N6S/c19-8-14-16(11-3-1-4-12(21)7-11)15(9-20)18(24-17(14)22)25-13-5-2-6-23-10-13/h1-7,10H,21H2,(H2,22,24). The molecule has 0 saturated heterocycles. The number of benzene rings is 1. The predicted octanol–water partition coefficient (Wildman–Crippen LogP) is 3.20. The van der Waals surface area contributed by atoms with Crippen LogP contribution in [-0.2, 0) is 0 Å². The maximum absolute atomic E-state index is 9.72. The van der Waals surface area contributed by atoms with Gasteiger partial charge in [-0.2, -0.15) is 10.5 Å². The van der Waals surface area contributed by atoms with Crippen LogP contribution in [0.1, 0.15) is 11.1 Å². The van der Waals surface area contributed by atoms with Crippen molar-refractivity contribution in [2.75, 3.05) is 11.5 Å². The summed E-state index contributed by atoms with van der Waals surface area (Å²) in [6.07, 6.45) is 3.33. The number of nitrogens with two attached hydrogens (primary N) is 2. The van der Waals surface area contributed by atoms with E-state index in [0.29, 0.717) is 21.8 Å². The number of aromatic nitrogens is 2. The van der Waals surface area contributed by atoms with Crippen molar-refractivity contribution in [1.29, 1.82) is 10.5 Å². The second kappa shape index (κ2) is 6.91. The van der Waals surface area contributed by atoms with Gasteiger partial charge in [-0.15, -0.1) is 0 Å². The number of nitrogen functional groups attached to an aromatic ring is 2. The van der Waals surface area contributed by atoms with Gasteiger partial charge in [0, 0.05) is 28.5 Å². The van der Waals surface area contributed by atoms with E-state index < -0.39 is 0 Å². The fourth-order valence-electron chi connectivity index (χ4n) is 2.37. The lowest BCUT2D eigenvalue weighted by Gasteiger charge is -2.13. The maximum Gasteiger partial charge on any atom is 0.143 e. The highest BCUT2D eigenvalue weighted by molar-refractivity contribution is 7.99. The fourth-order valence-corrected chi connectivity index (χ4v) is 3.25. The first-order valence-electron chi connectivity index (χ1n) is 7.21. The molecular formula is C18H12N6S. The van der Waals surface area contributed by atoms with Gasteiger partial charge in [0.2, 0.25) is 0 Å². The van der Waals surface area contributed by atoms with Crippen molar-refractivity contribution in [2.45, 2.75) is 9.92 Å². The van der Waals surface area contributed by atoms with E-state index >= 15 is 0 Å². The molecule has 7 heteroatoms. The number of nitriles is 2. The van der Waals surface area contributed by atoms with Crippen molar-refractivity contribution in [2.24, 2.45) is 0 Å². The molecule has 0 aliphatic heterocycles. The highest BCUT2D eigenvalue weighted by Crippen LogP contribution is 2.38. The zero-order chi connectivity index (χ0) is 17.8. The van der Waals surface area contributed by atoms with Gasteiger partial charge in [0.1, 0.15) is 28.5 Å². The molecule has 2 heterocycles. The minimum absolute atomic E-state index is 0.0744. The average molecular weight is 344 g/mol. The Morgan fingerprint density at radius 3 is 2.44 bits per heavy atom. The second-order valence-corrected chi connectivity index (χ2v) is 6.13. The number of hydrogen-bond acceptors (Lipinski definition) is 7. The molecule has 2 aromatic heterocycles. The molecule has 1 aromatic carbocycles. The highest BCUT2D eigenvalue weighted by Gasteiger charge is 2.21. The molecule has 0 fully saturated rings. The lowest BCUT2D eigenvalue weighted by atomic mass is 9.96. The zero-order valence-electron chi connectivity index (χ0n) is 13.0. The summed E-state index contributed by atoms with van der Waals surface area (Å²) in [7, 11) is 0. The number of hydrogen-bond donors (Lipinski definition) is 2. The molecule has 120 valence electrons. The van der Waals surface area contributed by atoms with Gasteiger partial charge in [-0.1, -0.05) is 23.9 Å². The molecule has 0 spiro atoms. The molecule has 0 unspecified atom stereocenters. The largest absolute Gasteiger partial charge is 0.399 e. The van der Waals surface area contributed by atoms with Crippen LogP contribution in [0.5, 0.6) is 0 Å². The normalized spacial score (nSPS) is 10.0. The molecule has 0 bridgehead atoms. The molecule has 3 rings (SSSR count). The first-order chi connectivity index (χ1) is 12.1. The van der Waals surface area contributed by atoms with E-state index in [1.54, 1.807) is 42.7 Å². The Morgan fingerprint density at radius 1 is 1.00 bits per heavy atom. The molecule has 4 N–H and O–H groups in total. The Balaban J connectivity index is 2.26. The first-order valence-corrected chi connectivity index (χ1v) is 8.03. The molecule has 0 aliphatic carbocycles. The molecule has 0 aliphatic rings. The lowest BCUT2D eigenvalue weighted by molar-refractivity contribution is 1.11. The van der Waals surface area contributed by atoms with Crippen molar-refractivity contribution in [3.63, 3.8) is 0 Å². The van der Waals surface area contributed by atoms with Crippen molar-refractivity contribution in [3.05, 3.63) is 59.9 Å². The summed E-state index contributed by atoms with van der Waals surface area (Å²) in [6.45, 7) is 0. The summed E-state index contributed by atoms with van der Waals surface area (Å²) in [6, 6.07) is 14.8. The van der Waals surface area contributed by atoms with Gasteiger partial charge in [-0.3, -0.25) is 4.98 Å². The second-order valence-electron chi connectivity index (χ2n) is 5.07. The van der Waals surface area contributed by atoms with E-state index in [0.717, 1.165) is 4.90 Å². The summed E-state index contributed by atoms with van der Waals surface area (Å²) < 4.78 is 0. The molecule has 25 heavy (non-hydrogen) atoms. The van der Waals surface area contributed by atoms with Gasteiger partial charge in [0.15, 0.2) is 0 Å². The average Bonchev–Trinajstić information content (AvgIpc) is 2.62. The van der Waals surface area contributed by atoms with Gasteiger partial charge in [-0.25, -0.2) is 4.98 Å². The Labute approximate surface area is 148 Å². The maximum atomic E-state index is 9.72. The topological polar surface area (TPSA) is 125 Å². The molecule has 0 amide bonds. The van der Waals surface area contributed by atoms with Crippen LogP contribution in [-0.4, -0.2) is 9.97 Å². The van der Waals surface area contributed by atoms with E-state index in [1.807, 2.05) is 12.1 Å². The van der Waals surface area contributed by atoms with E-state index in [1.165, 1.54) is 11.8 Å². The van der Waals surface area contributed by atoms with Gasteiger partial charge in [0.25, 0.3) is 0 Å². The molecule has 0 atom stereocenters. The number of anilines is 2. The Hall–Kier alpha value is -3.55. The van der Waals surface area contributed by atoms with E-state index in [-0.39, 0.29) is 16.9 Å². The SMILES string of the molecule is N#Cc1c(N)nc(Sc2cccnc2)c(C#N)c1-c1cccc(N)c1. The highest BCUT2D eigenvalue weighted by atomic mass is 32.2. The third-order valence-electron chi connectivity index (χ3n) is 3.44. The molecule has 0 saturated carbocycles. The molecule has 0 radical (unpaired) electrons. The van der Waals surface area contributed by atoms with Crippen molar-refractivity contribution in [3.8, 4) is 23.3 Å². The minimum atomic E-state index is 0.0744. The van der Waals surface area contributed by atoms with Crippen LogP contribution in [0.15, 0.2) is 58.7 Å². The summed E-state index contributed by atoms with van der Waals surface area (Å²) in [5, 5.41) is 19.6. The third kappa shape index (κ3) is 3.23. The monoisotopic (exact) mass is 344 g/mol. The Kier molecular flexibility index (Phi) is 4.51. The Morgan fingerprint density at radius 2 is 1.80 bits per heavy atom. The summed E-state index contributed by atoms with van der Waals surface area (Å²) in [5.74, 6) is 0.0744. The summed E-state index contributed by atoms with van der Waals surface area (Å²) in [4.78, 5) is 9.12. The van der Waals surface area contributed by atoms with Crippen LogP contribution >= 0.6 is 11.8 Å². The van der Waals surface area contributed by atoms with Crippen LogP contribution in [0.2, 0.25) is 0 Å². The van der Waals surface area contributed by atoms with Gasteiger partial charge in [-0.05, 0) is 29.8 Å². The predicted molar refractivity (Wildman–Crippen MR) is 96.3 cm³/mol. The quantitative estimate of drug-likeness (QED) is 0.699. The molecule has 6 nitrogen and oxygen atoms in total. The van der Waals surface area contributed by atoms with E-state index in [4.69, 9.17) is 11.5 Å². The Bertz CT molecular complexity index is 1020. The van der Waals surface area contributed by atoms with Crippen molar-refractivity contribution in [1.82, 2.24) is 9.97 Å². The number of pyridine rings is 2. The zero-order valence-corrected chi connectivity index (χ0v) is 13.8. The number of nitrogens with zero attached hydrogens (tertiary/aromatic N) is 4. The van der Waals surface area contributed by atoms with Crippen LogP contribution in [0.3, 0.4) is 0 Å². The molecule has 3 aromatic rings. The lowest BCUT2D eigenvalue weighted by Crippen LogP contribution is -2.03. The first kappa shape index (κ1) is 16.3. The third-order valence-corrected chi connectivity index (χ3v) is 4.41. The minimum Gasteiger partial charge on any atom is -0.399 e. The van der Waals surface area contributed by atoms with Crippen LogP contribution < -0.4 is 11.5 Å². The number of rotatable bonds is 3. The van der Waals surface area contributed by atoms with Gasteiger partial charge < -0.3 is 11.5 Å². The van der Waals surface area contributed by atoms with Crippen LogP contribution in [0.4, 0.5) is 11.5 Å². The van der Waals surface area contributed by atoms with E-state index in [9.17, 15) is 10.5 Å². The van der Waals surface area contributed by atoms with Gasteiger partial charge in [0.05, 0.1) is 5.56 Å². The molecular weight excluding hydrogens is 332 g/mol. The summed E-state index contributed by atoms with van der Waals surface area (Å²) >= 11 is 1.27. The van der Waals surface area contributed by atoms with Crippen molar-refractivity contribution < 1.29 is 0 Å². The van der Waals surface area contributed by atoms with Gasteiger partial charge >= 0.3 is 0 Å². The summed E-state index contributed by atoms with van der Waals surface area (Å²) in [5.41, 5.74) is 13.9. The fraction of sp³-hybridized carbons (Fsp3) is 0. The van der Waals surface area contributed by atoms with Crippen LogP contribution in [0, 0.1) is 22.7 Å². The van der Waals surface area contributed by atoms with E-state index in [2.05, 4.69) is 16.0 Å². The van der Waals surface area contributed by atoms with Crippen LogP contribution in [0.25, 0.3) is 11.1 Å².